The van der Waals surface area contributed by atoms with Gasteiger partial charge in [-0.05, 0) is 44.2 Å². The molecule has 0 saturated carbocycles. The normalized spacial score (nSPS) is 16.1. The Morgan fingerprint density at radius 2 is 2.00 bits per heavy atom. The van der Waals surface area contributed by atoms with Crippen LogP contribution in [-0.4, -0.2) is 36.2 Å². The Balaban J connectivity index is 1.28. The largest absolute Gasteiger partial charge is 0.487 e. The van der Waals surface area contributed by atoms with Crippen molar-refractivity contribution in [3.8, 4) is 17.3 Å². The molecule has 178 valence electrons. The molecule has 1 atom stereocenters. The van der Waals surface area contributed by atoms with Gasteiger partial charge in [-0.15, -0.1) is 10.2 Å². The number of hydrogen-bond donors (Lipinski definition) is 2. The molecule has 9 nitrogen and oxygen atoms in total. The van der Waals surface area contributed by atoms with E-state index in [4.69, 9.17) is 4.74 Å². The fraction of sp³-hybridized carbons (Fsp3) is 0.269. The molecule has 0 fully saturated rings. The monoisotopic (exact) mass is 469 g/mol. The second kappa shape index (κ2) is 9.17. The number of fused-ring (bicyclic) bond motifs is 1. The van der Waals surface area contributed by atoms with E-state index in [2.05, 4.69) is 30.8 Å². The summed E-state index contributed by atoms with van der Waals surface area (Å²) < 4.78 is 7.97. The molecular formula is C26H27N7O2. The van der Waals surface area contributed by atoms with E-state index >= 15 is 0 Å². The van der Waals surface area contributed by atoms with E-state index in [9.17, 15) is 4.79 Å². The summed E-state index contributed by atoms with van der Waals surface area (Å²) >= 11 is 0. The molecule has 2 aromatic heterocycles. The third kappa shape index (κ3) is 4.84. The van der Waals surface area contributed by atoms with Crippen molar-refractivity contribution in [1.29, 1.82) is 0 Å². The van der Waals surface area contributed by atoms with Crippen molar-refractivity contribution in [1.82, 2.24) is 30.0 Å². The van der Waals surface area contributed by atoms with Gasteiger partial charge in [0, 0.05) is 36.5 Å². The summed E-state index contributed by atoms with van der Waals surface area (Å²) in [7, 11) is 1.89. The highest BCUT2D eigenvalue weighted by Gasteiger charge is 2.34. The summed E-state index contributed by atoms with van der Waals surface area (Å²) in [6, 6.07) is 17.0. The van der Waals surface area contributed by atoms with Crippen molar-refractivity contribution < 1.29 is 9.53 Å². The van der Waals surface area contributed by atoms with Gasteiger partial charge < -0.3 is 19.9 Å². The molecule has 1 aliphatic heterocycles. The van der Waals surface area contributed by atoms with E-state index in [1.165, 1.54) is 6.33 Å². The van der Waals surface area contributed by atoms with Crippen molar-refractivity contribution in [2.24, 2.45) is 7.05 Å². The number of rotatable bonds is 6. The Labute approximate surface area is 203 Å². The first-order valence-corrected chi connectivity index (χ1v) is 11.5. The van der Waals surface area contributed by atoms with E-state index in [-0.39, 0.29) is 17.6 Å². The summed E-state index contributed by atoms with van der Waals surface area (Å²) in [5, 5.41) is 15.1. The van der Waals surface area contributed by atoms with Crippen molar-refractivity contribution in [2.75, 3.05) is 5.32 Å². The number of nitrogens with zero attached hydrogens (tertiary/aromatic N) is 5. The van der Waals surface area contributed by atoms with Gasteiger partial charge in [0.25, 0.3) is 5.91 Å². The highest BCUT2D eigenvalue weighted by molar-refractivity contribution is 5.95. The number of para-hydroxylation sites is 1. The number of carbonyl (C=O) groups excluding carboxylic acids is 1. The molecule has 2 aromatic carbocycles. The molecule has 5 rings (SSSR count). The highest BCUT2D eigenvalue weighted by Crippen LogP contribution is 2.39. The molecule has 0 aliphatic carbocycles. The molecule has 0 unspecified atom stereocenters. The molecule has 0 spiro atoms. The van der Waals surface area contributed by atoms with E-state index in [1.54, 1.807) is 12.3 Å². The van der Waals surface area contributed by atoms with E-state index in [0.29, 0.717) is 30.0 Å². The Hall–Kier alpha value is -4.27. The van der Waals surface area contributed by atoms with Gasteiger partial charge in [0.15, 0.2) is 11.6 Å². The maximum atomic E-state index is 13.2. The maximum Gasteiger partial charge on any atom is 0.251 e. The molecule has 1 aliphatic rings. The number of nitrogens with one attached hydrogen (secondary N) is 2. The van der Waals surface area contributed by atoms with Crippen LogP contribution >= 0.6 is 0 Å². The van der Waals surface area contributed by atoms with E-state index < -0.39 is 0 Å². The molecule has 2 N–H and O–H groups in total. The maximum absolute atomic E-state index is 13.2. The second-order valence-corrected chi connectivity index (χ2v) is 9.16. The van der Waals surface area contributed by atoms with Gasteiger partial charge >= 0.3 is 0 Å². The number of ether oxygens (including phenoxy) is 1. The predicted molar refractivity (Wildman–Crippen MR) is 132 cm³/mol. The number of carbonyl (C=O) groups is 1. The highest BCUT2D eigenvalue weighted by atomic mass is 16.5. The summed E-state index contributed by atoms with van der Waals surface area (Å²) in [5.74, 6) is 2.09. The Kier molecular flexibility index (Phi) is 5.90. The van der Waals surface area contributed by atoms with Crippen LogP contribution in [0.5, 0.6) is 5.75 Å². The number of benzene rings is 2. The fourth-order valence-corrected chi connectivity index (χ4v) is 4.29. The molecule has 0 saturated heterocycles. The topological polar surface area (TPSA) is 107 Å². The molecule has 9 heteroatoms. The lowest BCUT2D eigenvalue weighted by Gasteiger charge is -2.37. The average Bonchev–Trinajstić information content (AvgIpc) is 3.23. The standard InChI is InChI=1S/C26H27N7O2/c1-26(2)14-21(19-9-4-5-10-22(19)35-26)30-25(34)17-7-6-8-18(13-17)28-15-23-31-32-24(33(23)3)20-11-12-27-16-29-20/h4-13,16,21,28H,14-15H2,1-3H3,(H,30,34)/t21-/m0/s1. The minimum Gasteiger partial charge on any atom is -0.487 e. The molecule has 0 bridgehead atoms. The SMILES string of the molecule is Cn1c(CNc2cccc(C(=O)N[C@H]3CC(C)(C)Oc4ccccc43)c2)nnc1-c1ccncn1. The van der Waals surface area contributed by atoms with Gasteiger partial charge in [0.1, 0.15) is 23.4 Å². The zero-order chi connectivity index (χ0) is 24.4. The first kappa shape index (κ1) is 22.5. The number of aromatic nitrogens is 5. The van der Waals surface area contributed by atoms with Crippen LogP contribution in [0.2, 0.25) is 0 Å². The minimum absolute atomic E-state index is 0.127. The van der Waals surface area contributed by atoms with Crippen LogP contribution in [0.1, 0.15) is 48.1 Å². The van der Waals surface area contributed by atoms with Gasteiger partial charge in [-0.2, -0.15) is 0 Å². The average molecular weight is 470 g/mol. The first-order chi connectivity index (χ1) is 16.9. The van der Waals surface area contributed by atoms with Crippen molar-refractivity contribution in [3.63, 3.8) is 0 Å². The van der Waals surface area contributed by atoms with Crippen LogP contribution < -0.4 is 15.4 Å². The van der Waals surface area contributed by atoms with E-state index in [1.807, 2.05) is 74.0 Å². The molecular weight excluding hydrogens is 442 g/mol. The van der Waals surface area contributed by atoms with Crippen molar-refractivity contribution >= 4 is 11.6 Å². The van der Waals surface area contributed by atoms with Crippen LogP contribution in [-0.2, 0) is 13.6 Å². The lowest BCUT2D eigenvalue weighted by Crippen LogP contribution is -2.41. The van der Waals surface area contributed by atoms with Crippen LogP contribution in [0.3, 0.4) is 0 Å². The van der Waals surface area contributed by atoms with Gasteiger partial charge in [-0.1, -0.05) is 24.3 Å². The van der Waals surface area contributed by atoms with Gasteiger partial charge in [-0.3, -0.25) is 4.79 Å². The zero-order valence-electron chi connectivity index (χ0n) is 19.9. The third-order valence-electron chi connectivity index (χ3n) is 6.03. The Morgan fingerprint density at radius 3 is 2.83 bits per heavy atom. The van der Waals surface area contributed by atoms with E-state index in [0.717, 1.165) is 22.8 Å². The number of anilines is 1. The zero-order valence-corrected chi connectivity index (χ0v) is 19.9. The Morgan fingerprint density at radius 1 is 1.14 bits per heavy atom. The number of hydrogen-bond acceptors (Lipinski definition) is 7. The quantitative estimate of drug-likeness (QED) is 0.441. The van der Waals surface area contributed by atoms with Crippen LogP contribution in [0, 0.1) is 0 Å². The molecule has 4 aromatic rings. The Bertz CT molecular complexity index is 1350. The van der Waals surface area contributed by atoms with Crippen molar-refractivity contribution in [2.45, 2.75) is 38.5 Å². The van der Waals surface area contributed by atoms with Gasteiger partial charge in [-0.25, -0.2) is 9.97 Å². The fourth-order valence-electron chi connectivity index (χ4n) is 4.29. The molecule has 0 radical (unpaired) electrons. The summed E-state index contributed by atoms with van der Waals surface area (Å²) in [6.45, 7) is 4.52. The summed E-state index contributed by atoms with van der Waals surface area (Å²) in [6.07, 6.45) is 3.85. The van der Waals surface area contributed by atoms with Crippen molar-refractivity contribution in [3.05, 3.63) is 84.1 Å². The smallest absolute Gasteiger partial charge is 0.251 e. The lowest BCUT2D eigenvalue weighted by molar-refractivity contribution is 0.0619. The molecule has 35 heavy (non-hydrogen) atoms. The lowest BCUT2D eigenvalue weighted by atomic mass is 9.89. The molecule has 1 amide bonds. The second-order valence-electron chi connectivity index (χ2n) is 9.16. The third-order valence-corrected chi connectivity index (χ3v) is 6.03. The number of amides is 1. The van der Waals surface area contributed by atoms with Gasteiger partial charge in [0.2, 0.25) is 0 Å². The summed E-state index contributed by atoms with van der Waals surface area (Å²) in [5.41, 5.74) is 2.73. The van der Waals surface area contributed by atoms with Crippen LogP contribution in [0.4, 0.5) is 5.69 Å². The first-order valence-electron chi connectivity index (χ1n) is 11.5. The van der Waals surface area contributed by atoms with Gasteiger partial charge in [0.05, 0.1) is 12.6 Å². The van der Waals surface area contributed by atoms with Crippen LogP contribution in [0.15, 0.2) is 67.1 Å². The minimum atomic E-state index is -0.365. The van der Waals surface area contributed by atoms with Crippen LogP contribution in [0.25, 0.3) is 11.5 Å². The predicted octanol–water partition coefficient (Wildman–Crippen LogP) is 3.92. The molecule has 3 heterocycles. The summed E-state index contributed by atoms with van der Waals surface area (Å²) in [4.78, 5) is 21.3.